The van der Waals surface area contributed by atoms with Gasteiger partial charge in [-0.25, -0.2) is 0 Å². The van der Waals surface area contributed by atoms with E-state index in [2.05, 4.69) is 26.9 Å². The van der Waals surface area contributed by atoms with E-state index in [0.29, 0.717) is 6.54 Å². The number of aliphatic hydroxyl groups is 1. The molecule has 0 radical (unpaired) electrons. The largest absolute Gasteiger partial charge is 0.393 e. The molecule has 0 aliphatic rings. The highest BCUT2D eigenvalue weighted by Gasteiger charge is 2.09. The van der Waals surface area contributed by atoms with E-state index in [1.54, 1.807) is 6.92 Å². The van der Waals surface area contributed by atoms with E-state index in [-0.39, 0.29) is 6.10 Å². The van der Waals surface area contributed by atoms with E-state index in [1.165, 1.54) is 0 Å². The van der Waals surface area contributed by atoms with Gasteiger partial charge in [0.25, 0.3) is 0 Å². The monoisotopic (exact) mass is 286 g/mol. The molecule has 16 heavy (non-hydrogen) atoms. The molecule has 0 saturated carbocycles. The average molecular weight is 287 g/mol. The van der Waals surface area contributed by atoms with Crippen LogP contribution < -0.4 is 10.6 Å². The number of rotatable bonds is 5. The van der Waals surface area contributed by atoms with Crippen molar-refractivity contribution in [3.8, 4) is 0 Å². The number of anilines is 1. The number of hydrogen-bond donors (Lipinski definition) is 2. The van der Waals surface area contributed by atoms with Crippen molar-refractivity contribution in [2.45, 2.75) is 26.0 Å². The fourth-order valence-corrected chi connectivity index (χ4v) is 2.13. The Balaban J connectivity index is 2.82. The zero-order valence-electron chi connectivity index (χ0n) is 9.78. The zero-order chi connectivity index (χ0) is 12.1. The average Bonchev–Trinajstić information content (AvgIpc) is 2.25. The maximum atomic E-state index is 9.27. The molecule has 0 fully saturated rings. The van der Waals surface area contributed by atoms with Gasteiger partial charge in [-0.05, 0) is 25.5 Å². The van der Waals surface area contributed by atoms with E-state index in [9.17, 15) is 5.11 Å². The van der Waals surface area contributed by atoms with Crippen LogP contribution in [0.3, 0.4) is 0 Å². The first kappa shape index (κ1) is 13.5. The fraction of sp³-hybridized carbons (Fsp3) is 0.500. The minimum absolute atomic E-state index is 0.268. The normalized spacial score (nSPS) is 12.6. The molecular formula is C12H19BrN2O. The molecule has 3 N–H and O–H groups in total. The lowest BCUT2D eigenvalue weighted by Gasteiger charge is -2.23. The molecule has 0 bridgehead atoms. The molecule has 3 nitrogen and oxygen atoms in total. The number of nitrogens with two attached hydrogens (primary N) is 1. The summed E-state index contributed by atoms with van der Waals surface area (Å²) in [5.41, 5.74) is 7.97. The molecule has 1 atom stereocenters. The Kier molecular flexibility index (Phi) is 5.25. The number of benzene rings is 1. The lowest BCUT2D eigenvalue weighted by atomic mass is 10.1. The third kappa shape index (κ3) is 3.47. The minimum atomic E-state index is -0.268. The predicted molar refractivity (Wildman–Crippen MR) is 71.6 cm³/mol. The molecule has 0 heterocycles. The van der Waals surface area contributed by atoms with Crippen molar-refractivity contribution in [3.05, 3.63) is 28.2 Å². The molecule has 0 aromatic heterocycles. The van der Waals surface area contributed by atoms with Gasteiger partial charge in [0.2, 0.25) is 0 Å². The van der Waals surface area contributed by atoms with Crippen molar-refractivity contribution >= 4 is 21.6 Å². The number of halogens is 1. The first-order valence-electron chi connectivity index (χ1n) is 5.43. The third-order valence-electron chi connectivity index (χ3n) is 2.59. The van der Waals surface area contributed by atoms with E-state index in [1.807, 2.05) is 19.2 Å². The standard InChI is InChI=1S/C12H19BrN2O/c1-9(16)6-7-15(2)12-5-3-4-11(13)10(12)8-14/h3-5,9,16H,6-8,14H2,1-2H3. The Bertz CT molecular complexity index is 342. The molecule has 0 amide bonds. The topological polar surface area (TPSA) is 49.5 Å². The van der Waals surface area contributed by atoms with Crippen LogP contribution in [0.5, 0.6) is 0 Å². The van der Waals surface area contributed by atoms with Crippen molar-refractivity contribution in [1.82, 2.24) is 0 Å². The summed E-state index contributed by atoms with van der Waals surface area (Å²) in [5.74, 6) is 0. The molecule has 4 heteroatoms. The van der Waals surface area contributed by atoms with Crippen LogP contribution in [0.15, 0.2) is 22.7 Å². The first-order chi connectivity index (χ1) is 7.56. The number of hydrogen-bond acceptors (Lipinski definition) is 3. The van der Waals surface area contributed by atoms with Crippen molar-refractivity contribution in [1.29, 1.82) is 0 Å². The highest BCUT2D eigenvalue weighted by molar-refractivity contribution is 9.10. The van der Waals surface area contributed by atoms with Crippen molar-refractivity contribution in [2.75, 3.05) is 18.5 Å². The van der Waals surface area contributed by atoms with E-state index in [0.717, 1.165) is 28.7 Å². The third-order valence-corrected chi connectivity index (χ3v) is 3.33. The van der Waals surface area contributed by atoms with Crippen LogP contribution in [-0.2, 0) is 6.54 Å². The van der Waals surface area contributed by atoms with Crippen LogP contribution in [0.1, 0.15) is 18.9 Å². The van der Waals surface area contributed by atoms with Gasteiger partial charge >= 0.3 is 0 Å². The van der Waals surface area contributed by atoms with Crippen LogP contribution in [0.4, 0.5) is 5.69 Å². The Morgan fingerprint density at radius 3 is 2.75 bits per heavy atom. The van der Waals surface area contributed by atoms with Gasteiger partial charge in [0, 0.05) is 35.9 Å². The van der Waals surface area contributed by atoms with Gasteiger partial charge in [-0.15, -0.1) is 0 Å². The van der Waals surface area contributed by atoms with Gasteiger partial charge in [0.05, 0.1) is 6.10 Å². The summed E-state index contributed by atoms with van der Waals surface area (Å²) in [6.45, 7) is 3.13. The highest BCUT2D eigenvalue weighted by atomic mass is 79.9. The van der Waals surface area contributed by atoms with Gasteiger partial charge in [0.1, 0.15) is 0 Å². The fourth-order valence-electron chi connectivity index (χ4n) is 1.61. The molecule has 1 aromatic rings. The van der Waals surface area contributed by atoms with Crippen molar-refractivity contribution in [3.63, 3.8) is 0 Å². The van der Waals surface area contributed by atoms with Crippen LogP contribution in [-0.4, -0.2) is 24.8 Å². The lowest BCUT2D eigenvalue weighted by molar-refractivity contribution is 0.187. The molecule has 0 aliphatic heterocycles. The van der Waals surface area contributed by atoms with Gasteiger partial charge < -0.3 is 15.7 Å². The summed E-state index contributed by atoms with van der Waals surface area (Å²) in [4.78, 5) is 2.12. The second-order valence-electron chi connectivity index (χ2n) is 4.00. The second kappa shape index (κ2) is 6.23. The Labute approximate surface area is 105 Å². The second-order valence-corrected chi connectivity index (χ2v) is 4.86. The summed E-state index contributed by atoms with van der Waals surface area (Å²) in [6.07, 6.45) is 0.489. The van der Waals surface area contributed by atoms with Gasteiger partial charge in [-0.2, -0.15) is 0 Å². The van der Waals surface area contributed by atoms with Crippen LogP contribution in [0.25, 0.3) is 0 Å². The van der Waals surface area contributed by atoms with Crippen LogP contribution >= 0.6 is 15.9 Å². The number of nitrogens with zero attached hydrogens (tertiary/aromatic N) is 1. The van der Waals surface area contributed by atoms with Crippen molar-refractivity contribution < 1.29 is 5.11 Å². The molecule has 1 unspecified atom stereocenters. The van der Waals surface area contributed by atoms with E-state index in [4.69, 9.17) is 5.73 Å². The smallest absolute Gasteiger partial charge is 0.0528 e. The summed E-state index contributed by atoms with van der Waals surface area (Å²) in [6, 6.07) is 6.04. The van der Waals surface area contributed by atoms with Gasteiger partial charge in [0.15, 0.2) is 0 Å². The lowest BCUT2D eigenvalue weighted by Crippen LogP contribution is -2.23. The molecule has 90 valence electrons. The van der Waals surface area contributed by atoms with E-state index < -0.39 is 0 Å². The molecule has 0 spiro atoms. The maximum Gasteiger partial charge on any atom is 0.0528 e. The first-order valence-corrected chi connectivity index (χ1v) is 6.22. The quantitative estimate of drug-likeness (QED) is 0.872. The molecule has 0 saturated heterocycles. The maximum absolute atomic E-state index is 9.27. The predicted octanol–water partition coefficient (Wildman–Crippen LogP) is 2.11. The SMILES string of the molecule is CC(O)CCN(C)c1cccc(Br)c1CN. The van der Waals surface area contributed by atoms with Crippen molar-refractivity contribution in [2.24, 2.45) is 5.73 Å². The van der Waals surface area contributed by atoms with Gasteiger partial charge in [-0.1, -0.05) is 22.0 Å². The summed E-state index contributed by atoms with van der Waals surface area (Å²) < 4.78 is 1.04. The van der Waals surface area contributed by atoms with Crippen LogP contribution in [0, 0.1) is 0 Å². The number of aliphatic hydroxyl groups excluding tert-OH is 1. The minimum Gasteiger partial charge on any atom is -0.393 e. The Morgan fingerprint density at radius 2 is 2.19 bits per heavy atom. The molecular weight excluding hydrogens is 268 g/mol. The summed E-state index contributed by atoms with van der Waals surface area (Å²) in [7, 11) is 2.02. The summed E-state index contributed by atoms with van der Waals surface area (Å²) >= 11 is 3.50. The molecule has 1 rings (SSSR count). The molecule has 1 aromatic carbocycles. The van der Waals surface area contributed by atoms with Crippen LogP contribution in [0.2, 0.25) is 0 Å². The van der Waals surface area contributed by atoms with E-state index >= 15 is 0 Å². The summed E-state index contributed by atoms with van der Waals surface area (Å²) in [5, 5.41) is 9.27. The van der Waals surface area contributed by atoms with Gasteiger partial charge in [-0.3, -0.25) is 0 Å². The molecule has 0 aliphatic carbocycles. The highest BCUT2D eigenvalue weighted by Crippen LogP contribution is 2.26. The Hall–Kier alpha value is -0.580. The zero-order valence-corrected chi connectivity index (χ0v) is 11.4. The Morgan fingerprint density at radius 1 is 1.50 bits per heavy atom.